The summed E-state index contributed by atoms with van der Waals surface area (Å²) in [6.45, 7) is 1.28. The van der Waals surface area contributed by atoms with Crippen LogP contribution >= 0.6 is 23.2 Å². The first-order valence-electron chi connectivity index (χ1n) is 8.88. The van der Waals surface area contributed by atoms with Gasteiger partial charge in [0.05, 0.1) is 10.9 Å². The number of amides is 1. The molecule has 0 unspecified atom stereocenters. The Labute approximate surface area is 170 Å². The van der Waals surface area contributed by atoms with Crippen molar-refractivity contribution in [3.63, 3.8) is 0 Å². The van der Waals surface area contributed by atoms with Crippen LogP contribution < -0.4 is 4.74 Å². The lowest BCUT2D eigenvalue weighted by molar-refractivity contribution is -0.317. The Kier molecular flexibility index (Phi) is 5.85. The number of alkyl halides is 3. The molecule has 1 heterocycles. The predicted molar refractivity (Wildman–Crippen MR) is 98.4 cm³/mol. The van der Waals surface area contributed by atoms with Crippen LogP contribution in [0.3, 0.4) is 0 Å². The van der Waals surface area contributed by atoms with E-state index < -0.39 is 29.8 Å². The van der Waals surface area contributed by atoms with E-state index in [2.05, 4.69) is 5.10 Å². The maximum absolute atomic E-state index is 13.9. The van der Waals surface area contributed by atoms with Gasteiger partial charge in [0.1, 0.15) is 5.75 Å². The Morgan fingerprint density at radius 2 is 2.07 bits per heavy atom. The lowest BCUT2D eigenvalue weighted by atomic mass is 9.87. The molecular formula is C18H19Cl2F3N2O3. The summed E-state index contributed by atoms with van der Waals surface area (Å²) in [5.74, 6) is -2.29. The molecule has 1 N–H and O–H groups in total. The first-order valence-corrected chi connectivity index (χ1v) is 9.63. The van der Waals surface area contributed by atoms with E-state index in [1.54, 1.807) is 0 Å². The number of hydrazone groups is 1. The van der Waals surface area contributed by atoms with Crippen LogP contribution in [0, 0.1) is 5.92 Å². The van der Waals surface area contributed by atoms with Crippen molar-refractivity contribution in [2.24, 2.45) is 11.0 Å². The van der Waals surface area contributed by atoms with Gasteiger partial charge >= 0.3 is 6.18 Å². The molecule has 1 aromatic rings. The largest absolute Gasteiger partial charge is 0.479 e. The topological polar surface area (TPSA) is 62.1 Å². The summed E-state index contributed by atoms with van der Waals surface area (Å²) in [6, 6.07) is 4.26. The van der Waals surface area contributed by atoms with Gasteiger partial charge in [0.25, 0.3) is 11.6 Å². The normalized spacial score (nSPS) is 26.3. The highest BCUT2D eigenvalue weighted by Crippen LogP contribution is 2.47. The van der Waals surface area contributed by atoms with E-state index >= 15 is 0 Å². The van der Waals surface area contributed by atoms with E-state index in [1.165, 1.54) is 25.1 Å². The van der Waals surface area contributed by atoms with Gasteiger partial charge in [-0.3, -0.25) is 4.79 Å². The van der Waals surface area contributed by atoms with Gasteiger partial charge in [-0.2, -0.15) is 23.3 Å². The van der Waals surface area contributed by atoms with Crippen molar-refractivity contribution in [2.75, 3.05) is 0 Å². The van der Waals surface area contributed by atoms with Crippen molar-refractivity contribution < 1.29 is 27.8 Å². The third kappa shape index (κ3) is 3.69. The zero-order chi connectivity index (χ0) is 20.7. The van der Waals surface area contributed by atoms with E-state index in [0.717, 1.165) is 6.42 Å². The van der Waals surface area contributed by atoms with E-state index in [4.69, 9.17) is 27.9 Å². The van der Waals surface area contributed by atoms with Crippen molar-refractivity contribution in [3.05, 3.63) is 28.2 Å². The molecule has 0 spiro atoms. The Morgan fingerprint density at radius 1 is 1.36 bits per heavy atom. The summed E-state index contributed by atoms with van der Waals surface area (Å²) in [5, 5.41) is 15.1. The minimum atomic E-state index is -5.07. The van der Waals surface area contributed by atoms with Crippen LogP contribution in [0.2, 0.25) is 10.0 Å². The molecule has 2 aliphatic rings. The maximum Gasteiger partial charge on any atom is 0.439 e. The molecule has 0 bridgehead atoms. The third-order valence-corrected chi connectivity index (χ3v) is 5.57. The molecule has 1 aliphatic carbocycles. The van der Waals surface area contributed by atoms with Gasteiger partial charge in [0.15, 0.2) is 6.10 Å². The number of carbonyl (C=O) groups is 1. The molecule has 0 saturated heterocycles. The molecule has 1 aliphatic heterocycles. The van der Waals surface area contributed by atoms with Crippen molar-refractivity contribution in [1.82, 2.24) is 5.01 Å². The van der Waals surface area contributed by atoms with Crippen LogP contribution in [-0.4, -0.2) is 39.7 Å². The van der Waals surface area contributed by atoms with Gasteiger partial charge < -0.3 is 9.84 Å². The standard InChI is InChI=1S/C18H19Cl2F3N2O3/c1-10(28-15-8-7-11(19)9-13(15)20)16(26)25-17(27,18(21,22)23)12-5-3-2-4-6-14(12)24-25/h7-10,12,27H,2-6H2,1H3/t10-,12+,17+/m0/s1. The third-order valence-electron chi connectivity index (χ3n) is 5.04. The Hall–Kier alpha value is -1.51. The molecule has 0 radical (unpaired) electrons. The smallest absolute Gasteiger partial charge is 0.439 e. The Bertz CT molecular complexity index is 803. The van der Waals surface area contributed by atoms with Gasteiger partial charge in [-0.1, -0.05) is 36.0 Å². The SMILES string of the molecule is C[C@H](Oc1ccc(Cl)cc1Cl)C(=O)N1N=C2CCCCC[C@H]2[C@@]1(O)C(F)(F)F. The molecule has 1 saturated carbocycles. The minimum absolute atomic E-state index is 0.0866. The van der Waals surface area contributed by atoms with Crippen molar-refractivity contribution in [1.29, 1.82) is 0 Å². The van der Waals surface area contributed by atoms with Crippen molar-refractivity contribution in [2.45, 2.75) is 57.0 Å². The number of rotatable bonds is 3. The van der Waals surface area contributed by atoms with Gasteiger partial charge in [0, 0.05) is 10.7 Å². The van der Waals surface area contributed by atoms with Gasteiger partial charge in [-0.25, -0.2) is 0 Å². The number of nitrogens with zero attached hydrogens (tertiary/aromatic N) is 2. The van der Waals surface area contributed by atoms with Crippen molar-refractivity contribution in [3.8, 4) is 5.75 Å². The maximum atomic E-state index is 13.9. The number of aliphatic hydroxyl groups is 1. The predicted octanol–water partition coefficient (Wildman–Crippen LogP) is 4.79. The number of ether oxygens (including phenoxy) is 1. The lowest BCUT2D eigenvalue weighted by Crippen LogP contribution is -2.62. The molecule has 28 heavy (non-hydrogen) atoms. The van der Waals surface area contributed by atoms with Gasteiger partial charge in [0.2, 0.25) is 0 Å². The van der Waals surface area contributed by atoms with Gasteiger partial charge in [-0.15, -0.1) is 0 Å². The van der Waals surface area contributed by atoms with Crippen LogP contribution in [0.4, 0.5) is 13.2 Å². The molecule has 3 atom stereocenters. The molecule has 1 amide bonds. The molecular weight excluding hydrogens is 420 g/mol. The first kappa shape index (κ1) is 21.2. The second-order valence-corrected chi connectivity index (χ2v) is 7.80. The average Bonchev–Trinajstić information content (AvgIpc) is 2.76. The molecule has 5 nitrogen and oxygen atoms in total. The zero-order valence-corrected chi connectivity index (χ0v) is 16.5. The Morgan fingerprint density at radius 3 is 2.71 bits per heavy atom. The van der Waals surface area contributed by atoms with Crippen molar-refractivity contribution >= 4 is 34.8 Å². The number of halogens is 5. The van der Waals surface area contributed by atoms with E-state index in [-0.39, 0.29) is 27.9 Å². The molecule has 154 valence electrons. The number of hydrogen-bond acceptors (Lipinski definition) is 4. The summed E-state index contributed by atoms with van der Waals surface area (Å²) < 4.78 is 47.0. The lowest BCUT2D eigenvalue weighted by Gasteiger charge is -2.37. The van der Waals surface area contributed by atoms with E-state index in [1.807, 2.05) is 0 Å². The molecule has 0 aromatic heterocycles. The highest BCUT2D eigenvalue weighted by Gasteiger charge is 2.68. The number of fused-ring (bicyclic) bond motifs is 1. The average molecular weight is 439 g/mol. The van der Waals surface area contributed by atoms with Crippen LogP contribution in [0.15, 0.2) is 23.3 Å². The summed E-state index contributed by atoms with van der Waals surface area (Å²) in [7, 11) is 0. The summed E-state index contributed by atoms with van der Waals surface area (Å²) >= 11 is 11.8. The Balaban J connectivity index is 1.89. The molecule has 3 rings (SSSR count). The quantitative estimate of drug-likeness (QED) is 0.737. The fourth-order valence-electron chi connectivity index (χ4n) is 3.60. The number of carbonyl (C=O) groups excluding carboxylic acids is 1. The molecule has 1 fully saturated rings. The summed E-state index contributed by atoms with van der Waals surface area (Å²) in [5.41, 5.74) is -3.19. The molecule has 1 aromatic carbocycles. The van der Waals surface area contributed by atoms with Crippen LogP contribution in [-0.2, 0) is 4.79 Å². The second-order valence-electron chi connectivity index (χ2n) is 6.95. The summed E-state index contributed by atoms with van der Waals surface area (Å²) in [6.07, 6.45) is -4.07. The fourth-order valence-corrected chi connectivity index (χ4v) is 4.05. The van der Waals surface area contributed by atoms with Crippen LogP contribution in [0.25, 0.3) is 0 Å². The first-order chi connectivity index (χ1) is 13.1. The zero-order valence-electron chi connectivity index (χ0n) is 15.0. The van der Waals surface area contributed by atoms with Crippen LogP contribution in [0.1, 0.15) is 39.0 Å². The monoisotopic (exact) mass is 438 g/mol. The molecule has 10 heteroatoms. The number of benzene rings is 1. The fraction of sp³-hybridized carbons (Fsp3) is 0.556. The van der Waals surface area contributed by atoms with Crippen LogP contribution in [0.5, 0.6) is 5.75 Å². The second kappa shape index (κ2) is 7.72. The van der Waals surface area contributed by atoms with Gasteiger partial charge in [-0.05, 0) is 44.4 Å². The highest BCUT2D eigenvalue weighted by atomic mass is 35.5. The highest BCUT2D eigenvalue weighted by molar-refractivity contribution is 6.35. The van der Waals surface area contributed by atoms with E-state index in [0.29, 0.717) is 24.3 Å². The minimum Gasteiger partial charge on any atom is -0.479 e. The van der Waals surface area contributed by atoms with E-state index in [9.17, 15) is 23.1 Å². The number of hydrogen-bond donors (Lipinski definition) is 1. The summed E-state index contributed by atoms with van der Waals surface area (Å²) in [4.78, 5) is 12.8.